The summed E-state index contributed by atoms with van der Waals surface area (Å²) in [5, 5.41) is 16.7. The Morgan fingerprint density at radius 1 is 0.714 bits per heavy atom. The summed E-state index contributed by atoms with van der Waals surface area (Å²) in [6.45, 7) is 4.76. The molecule has 0 radical (unpaired) electrons. The van der Waals surface area contributed by atoms with Crippen molar-refractivity contribution in [2.24, 2.45) is 0 Å². The maximum absolute atomic E-state index is 8.36. The first-order valence-corrected chi connectivity index (χ1v) is 7.26. The predicted molar refractivity (Wildman–Crippen MR) is 79.6 cm³/mol. The maximum Gasteiger partial charge on any atom is 0.0701 e. The Balaban J connectivity index is 0. The van der Waals surface area contributed by atoms with Crippen molar-refractivity contribution in [2.45, 2.75) is 12.8 Å². The summed E-state index contributed by atoms with van der Waals surface area (Å²) < 4.78 is 24.2. The van der Waals surface area contributed by atoms with Crippen LogP contribution in [0.1, 0.15) is 12.8 Å². The molecule has 0 spiro atoms. The SMILES string of the molecule is C1CCOC1.COC.OCCOCCOCCOCCO. The van der Waals surface area contributed by atoms with Crippen LogP contribution < -0.4 is 0 Å². The highest BCUT2D eigenvalue weighted by atomic mass is 16.5. The second kappa shape index (κ2) is 24.7. The molecule has 7 heteroatoms. The molecule has 1 fully saturated rings. The van der Waals surface area contributed by atoms with Crippen LogP contribution in [0.3, 0.4) is 0 Å². The predicted octanol–water partition coefficient (Wildman–Crippen LogP) is 0.0802. The molecule has 1 aliphatic rings. The number of rotatable bonds is 10. The van der Waals surface area contributed by atoms with Crippen LogP contribution in [0.2, 0.25) is 0 Å². The monoisotopic (exact) mass is 312 g/mol. The van der Waals surface area contributed by atoms with Crippen LogP contribution in [-0.4, -0.2) is 90.5 Å². The molecule has 2 N–H and O–H groups in total. The average Bonchev–Trinajstić information content (AvgIpc) is 3.06. The fourth-order valence-electron chi connectivity index (χ4n) is 1.18. The Labute approximate surface area is 128 Å². The van der Waals surface area contributed by atoms with Crippen molar-refractivity contribution in [3.05, 3.63) is 0 Å². The number of hydrogen-bond acceptors (Lipinski definition) is 7. The van der Waals surface area contributed by atoms with E-state index in [1.54, 1.807) is 14.2 Å². The largest absolute Gasteiger partial charge is 0.394 e. The first-order chi connectivity index (χ1) is 10.3. The van der Waals surface area contributed by atoms with Gasteiger partial charge < -0.3 is 33.9 Å². The third-order valence-corrected chi connectivity index (χ3v) is 2.04. The second-order valence-electron chi connectivity index (χ2n) is 4.01. The minimum absolute atomic E-state index is 0.0413. The minimum Gasteiger partial charge on any atom is -0.394 e. The van der Waals surface area contributed by atoms with Crippen molar-refractivity contribution in [2.75, 3.05) is 80.3 Å². The van der Waals surface area contributed by atoms with Crippen LogP contribution in [-0.2, 0) is 23.7 Å². The van der Waals surface area contributed by atoms with Gasteiger partial charge in [0.2, 0.25) is 0 Å². The van der Waals surface area contributed by atoms with Crippen molar-refractivity contribution in [3.63, 3.8) is 0 Å². The molecular weight excluding hydrogens is 280 g/mol. The lowest BCUT2D eigenvalue weighted by Crippen LogP contribution is -2.11. The molecule has 7 nitrogen and oxygen atoms in total. The summed E-state index contributed by atoms with van der Waals surface area (Å²) in [5.74, 6) is 0. The van der Waals surface area contributed by atoms with E-state index in [0.717, 1.165) is 13.2 Å². The molecule has 0 aromatic rings. The molecule has 0 unspecified atom stereocenters. The quantitative estimate of drug-likeness (QED) is 0.552. The Bertz CT molecular complexity index is 137. The van der Waals surface area contributed by atoms with E-state index in [0.29, 0.717) is 39.6 Å². The highest BCUT2D eigenvalue weighted by molar-refractivity contribution is 4.43. The van der Waals surface area contributed by atoms with Gasteiger partial charge in [0.1, 0.15) is 0 Å². The van der Waals surface area contributed by atoms with E-state index in [4.69, 9.17) is 29.2 Å². The van der Waals surface area contributed by atoms with Crippen LogP contribution in [0, 0.1) is 0 Å². The van der Waals surface area contributed by atoms with Gasteiger partial charge in [-0.1, -0.05) is 0 Å². The van der Waals surface area contributed by atoms with Gasteiger partial charge in [-0.15, -0.1) is 0 Å². The van der Waals surface area contributed by atoms with Crippen molar-refractivity contribution in [1.82, 2.24) is 0 Å². The summed E-state index contributed by atoms with van der Waals surface area (Å²) in [6, 6.07) is 0. The van der Waals surface area contributed by atoms with Crippen LogP contribution in [0.5, 0.6) is 0 Å². The van der Waals surface area contributed by atoms with Gasteiger partial charge in [0.15, 0.2) is 0 Å². The number of aliphatic hydroxyl groups is 2. The fraction of sp³-hybridized carbons (Fsp3) is 1.00. The van der Waals surface area contributed by atoms with Gasteiger partial charge in [0.25, 0.3) is 0 Å². The molecule has 1 saturated heterocycles. The first-order valence-electron chi connectivity index (χ1n) is 7.26. The van der Waals surface area contributed by atoms with Gasteiger partial charge in [-0.3, -0.25) is 0 Å². The van der Waals surface area contributed by atoms with E-state index in [1.807, 2.05) is 0 Å². The summed E-state index contributed by atoms with van der Waals surface area (Å²) in [5.41, 5.74) is 0. The molecule has 0 bridgehead atoms. The lowest BCUT2D eigenvalue weighted by molar-refractivity contribution is 0.00230. The fourth-order valence-corrected chi connectivity index (χ4v) is 1.18. The van der Waals surface area contributed by atoms with E-state index < -0.39 is 0 Å². The van der Waals surface area contributed by atoms with Crippen LogP contribution in [0.25, 0.3) is 0 Å². The normalized spacial score (nSPS) is 13.1. The van der Waals surface area contributed by atoms with Crippen molar-refractivity contribution in [3.8, 4) is 0 Å². The van der Waals surface area contributed by atoms with Gasteiger partial charge in [-0.05, 0) is 12.8 Å². The molecule has 0 aromatic heterocycles. The molecule has 1 heterocycles. The molecule has 0 aliphatic carbocycles. The summed E-state index contributed by atoms with van der Waals surface area (Å²) in [7, 11) is 3.25. The molecule has 1 aliphatic heterocycles. The van der Waals surface area contributed by atoms with Crippen LogP contribution in [0.15, 0.2) is 0 Å². The Kier molecular flexibility index (Phi) is 27.1. The average molecular weight is 312 g/mol. The third kappa shape index (κ3) is 28.6. The minimum atomic E-state index is 0.0413. The number of ether oxygens (including phenoxy) is 5. The van der Waals surface area contributed by atoms with E-state index >= 15 is 0 Å². The first kappa shape index (κ1) is 23.0. The molecule has 1 rings (SSSR count). The summed E-state index contributed by atoms with van der Waals surface area (Å²) in [6.07, 6.45) is 2.56. The molecular formula is C14H32O7. The zero-order valence-electron chi connectivity index (χ0n) is 13.4. The number of hydrogen-bond donors (Lipinski definition) is 2. The highest BCUT2D eigenvalue weighted by Gasteiger charge is 1.94. The smallest absolute Gasteiger partial charge is 0.0701 e. The summed E-state index contributed by atoms with van der Waals surface area (Å²) in [4.78, 5) is 0. The Morgan fingerprint density at radius 3 is 1.29 bits per heavy atom. The number of methoxy groups -OCH3 is 1. The Hall–Kier alpha value is -0.280. The zero-order valence-corrected chi connectivity index (χ0v) is 13.4. The molecule has 0 atom stereocenters. The highest BCUT2D eigenvalue weighted by Crippen LogP contribution is 1.98. The molecule has 0 amide bonds. The Morgan fingerprint density at radius 2 is 1.05 bits per heavy atom. The summed E-state index contributed by atoms with van der Waals surface area (Å²) >= 11 is 0. The molecule has 130 valence electrons. The van der Waals surface area contributed by atoms with E-state index in [1.165, 1.54) is 12.8 Å². The molecule has 0 aromatic carbocycles. The second-order valence-corrected chi connectivity index (χ2v) is 4.01. The van der Waals surface area contributed by atoms with Gasteiger partial charge in [0.05, 0.1) is 52.9 Å². The lowest BCUT2D eigenvalue weighted by Gasteiger charge is -2.04. The molecule has 21 heavy (non-hydrogen) atoms. The van der Waals surface area contributed by atoms with E-state index in [9.17, 15) is 0 Å². The van der Waals surface area contributed by atoms with Gasteiger partial charge in [0, 0.05) is 27.4 Å². The topological polar surface area (TPSA) is 86.6 Å². The zero-order chi connectivity index (χ0) is 16.0. The van der Waals surface area contributed by atoms with Crippen molar-refractivity contribution in [1.29, 1.82) is 0 Å². The van der Waals surface area contributed by atoms with Gasteiger partial charge >= 0.3 is 0 Å². The number of aliphatic hydroxyl groups excluding tert-OH is 2. The van der Waals surface area contributed by atoms with Crippen LogP contribution in [0.4, 0.5) is 0 Å². The van der Waals surface area contributed by atoms with Crippen LogP contribution >= 0.6 is 0 Å². The van der Waals surface area contributed by atoms with Crippen molar-refractivity contribution >= 4 is 0 Å². The standard InChI is InChI=1S/C8H18O5.C4H8O.C2H6O/c9-1-3-11-5-7-13-8-6-12-4-2-10;1-2-4-5-3-1;1-3-2/h9-10H,1-8H2;1-4H2;1-2H3. The van der Waals surface area contributed by atoms with Gasteiger partial charge in [-0.2, -0.15) is 0 Å². The van der Waals surface area contributed by atoms with Crippen molar-refractivity contribution < 1.29 is 33.9 Å². The van der Waals surface area contributed by atoms with E-state index in [2.05, 4.69) is 4.74 Å². The third-order valence-electron chi connectivity index (χ3n) is 2.04. The van der Waals surface area contributed by atoms with E-state index in [-0.39, 0.29) is 13.2 Å². The maximum atomic E-state index is 8.36. The molecule has 0 saturated carbocycles. The lowest BCUT2D eigenvalue weighted by atomic mass is 10.4. The van der Waals surface area contributed by atoms with Gasteiger partial charge in [-0.25, -0.2) is 0 Å².